The van der Waals surface area contributed by atoms with E-state index >= 15 is 0 Å². The van der Waals surface area contributed by atoms with Crippen molar-refractivity contribution in [3.63, 3.8) is 0 Å². The Balaban J connectivity index is 1.87. The molecule has 0 saturated heterocycles. The van der Waals surface area contributed by atoms with Gasteiger partial charge in [-0.3, -0.25) is 9.59 Å². The van der Waals surface area contributed by atoms with Gasteiger partial charge in [0.25, 0.3) is 11.5 Å². The molecule has 0 aliphatic carbocycles. The van der Waals surface area contributed by atoms with Gasteiger partial charge in [0.15, 0.2) is 0 Å². The molecule has 3 rings (SSSR count). The van der Waals surface area contributed by atoms with E-state index in [-0.39, 0.29) is 5.56 Å². The molecule has 1 aromatic heterocycles. The molecule has 1 amide bonds. The summed E-state index contributed by atoms with van der Waals surface area (Å²) in [4.78, 5) is 31.5. The Kier molecular flexibility index (Phi) is 4.52. The van der Waals surface area contributed by atoms with Gasteiger partial charge >= 0.3 is 0 Å². The largest absolute Gasteiger partial charge is 0.322 e. The lowest BCUT2D eigenvalue weighted by Gasteiger charge is -2.09. The number of hydrogen-bond donors (Lipinski definition) is 2. The molecule has 0 spiro atoms. The van der Waals surface area contributed by atoms with E-state index in [4.69, 9.17) is 0 Å². The number of carbonyl (C=O) groups excluding carboxylic acids is 1. The first-order valence-corrected chi connectivity index (χ1v) is 7.73. The first kappa shape index (κ1) is 15.7. The van der Waals surface area contributed by atoms with Crippen LogP contribution in [-0.2, 0) is 6.42 Å². The molecular weight excluding hydrogens is 302 g/mol. The molecule has 0 aliphatic rings. The maximum Gasteiger partial charge on any atom is 0.264 e. The van der Waals surface area contributed by atoms with Gasteiger partial charge < -0.3 is 10.3 Å². The fourth-order valence-electron chi connectivity index (χ4n) is 2.44. The van der Waals surface area contributed by atoms with Crippen LogP contribution in [0.4, 0.5) is 5.69 Å². The quantitative estimate of drug-likeness (QED) is 0.775. The van der Waals surface area contributed by atoms with E-state index in [0.717, 1.165) is 17.5 Å². The molecule has 0 aliphatic heterocycles. The first-order chi connectivity index (χ1) is 11.7. The molecule has 1 heterocycles. The monoisotopic (exact) mass is 319 g/mol. The van der Waals surface area contributed by atoms with Gasteiger partial charge in [-0.15, -0.1) is 0 Å². The van der Waals surface area contributed by atoms with E-state index in [1.807, 2.05) is 61.5 Å². The second-order valence-electron chi connectivity index (χ2n) is 5.31. The number of para-hydroxylation sites is 1. The molecule has 2 aromatic carbocycles. The predicted octanol–water partition coefficient (Wildman–Crippen LogP) is 3.25. The Hall–Kier alpha value is -3.21. The number of aromatic amines is 1. The highest BCUT2D eigenvalue weighted by Gasteiger charge is 2.14. The summed E-state index contributed by atoms with van der Waals surface area (Å²) in [7, 11) is 0. The predicted molar refractivity (Wildman–Crippen MR) is 94.1 cm³/mol. The van der Waals surface area contributed by atoms with Crippen molar-refractivity contribution in [2.24, 2.45) is 0 Å². The molecule has 0 unspecified atom stereocenters. The Morgan fingerprint density at radius 1 is 1.08 bits per heavy atom. The number of benzene rings is 2. The number of nitrogens with zero attached hydrogens (tertiary/aromatic N) is 1. The van der Waals surface area contributed by atoms with Crippen molar-refractivity contribution in [3.8, 4) is 11.4 Å². The number of aromatic nitrogens is 2. The fraction of sp³-hybridized carbons (Fsp3) is 0.105. The van der Waals surface area contributed by atoms with E-state index in [9.17, 15) is 9.59 Å². The second-order valence-corrected chi connectivity index (χ2v) is 5.31. The number of anilines is 1. The van der Waals surface area contributed by atoms with E-state index in [1.165, 1.54) is 6.20 Å². The summed E-state index contributed by atoms with van der Waals surface area (Å²) < 4.78 is 0. The van der Waals surface area contributed by atoms with Crippen LogP contribution in [0.3, 0.4) is 0 Å². The minimum atomic E-state index is -0.468. The highest BCUT2D eigenvalue weighted by molar-refractivity contribution is 6.04. The molecule has 0 saturated carbocycles. The van der Waals surface area contributed by atoms with Crippen LogP contribution < -0.4 is 10.9 Å². The van der Waals surface area contributed by atoms with Gasteiger partial charge in [-0.25, -0.2) is 4.98 Å². The lowest BCUT2D eigenvalue weighted by Crippen LogP contribution is -2.24. The molecule has 0 bridgehead atoms. The van der Waals surface area contributed by atoms with Crippen molar-refractivity contribution in [1.29, 1.82) is 0 Å². The third-order valence-electron chi connectivity index (χ3n) is 3.74. The normalized spacial score (nSPS) is 10.4. The van der Waals surface area contributed by atoms with Gasteiger partial charge in [0.2, 0.25) is 0 Å². The van der Waals surface area contributed by atoms with Gasteiger partial charge in [0.05, 0.1) is 0 Å². The van der Waals surface area contributed by atoms with Gasteiger partial charge in [0.1, 0.15) is 11.4 Å². The highest BCUT2D eigenvalue weighted by atomic mass is 16.2. The number of nitrogens with one attached hydrogen (secondary N) is 2. The van der Waals surface area contributed by atoms with E-state index < -0.39 is 11.5 Å². The Morgan fingerprint density at radius 3 is 2.50 bits per heavy atom. The SMILES string of the molecule is CCc1ccccc1NC(=O)c1cnc(-c2ccccc2)[nH]c1=O. The van der Waals surface area contributed by atoms with Crippen molar-refractivity contribution >= 4 is 11.6 Å². The number of rotatable bonds is 4. The standard InChI is InChI=1S/C19H17N3O2/c1-2-13-8-6-7-11-16(13)21-18(23)15-12-20-17(22-19(15)24)14-9-4-3-5-10-14/h3-12H,2H2,1H3,(H,21,23)(H,20,22,24). The summed E-state index contributed by atoms with van der Waals surface area (Å²) in [5.41, 5.74) is 2.03. The summed E-state index contributed by atoms with van der Waals surface area (Å²) in [6.07, 6.45) is 2.10. The number of amides is 1. The molecule has 2 N–H and O–H groups in total. The zero-order valence-electron chi connectivity index (χ0n) is 13.2. The van der Waals surface area contributed by atoms with Crippen molar-refractivity contribution in [2.75, 3.05) is 5.32 Å². The second kappa shape index (κ2) is 6.91. The van der Waals surface area contributed by atoms with Gasteiger partial charge in [-0.2, -0.15) is 0 Å². The molecule has 0 atom stereocenters. The third kappa shape index (κ3) is 3.25. The molecule has 24 heavy (non-hydrogen) atoms. The molecule has 3 aromatic rings. The average molecular weight is 319 g/mol. The molecule has 120 valence electrons. The zero-order valence-corrected chi connectivity index (χ0v) is 13.2. The van der Waals surface area contributed by atoms with Crippen LogP contribution in [0.1, 0.15) is 22.8 Å². The summed E-state index contributed by atoms with van der Waals surface area (Å²) in [5.74, 6) is -0.0321. The minimum absolute atomic E-state index is 0.0133. The highest BCUT2D eigenvalue weighted by Crippen LogP contribution is 2.16. The third-order valence-corrected chi connectivity index (χ3v) is 3.74. The van der Waals surface area contributed by atoms with Crippen LogP contribution in [0, 0.1) is 0 Å². The molecular formula is C19H17N3O2. The lowest BCUT2D eigenvalue weighted by molar-refractivity contribution is 0.102. The maximum absolute atomic E-state index is 12.4. The molecule has 0 fully saturated rings. The van der Waals surface area contributed by atoms with Gasteiger partial charge in [-0.05, 0) is 18.1 Å². The number of hydrogen-bond acceptors (Lipinski definition) is 3. The Bertz CT molecular complexity index is 917. The fourth-order valence-corrected chi connectivity index (χ4v) is 2.44. The number of carbonyl (C=O) groups is 1. The number of aryl methyl sites for hydroxylation is 1. The number of H-pyrrole nitrogens is 1. The summed E-state index contributed by atoms with van der Waals surface area (Å²) in [5, 5.41) is 2.78. The minimum Gasteiger partial charge on any atom is -0.322 e. The van der Waals surface area contributed by atoms with Crippen molar-refractivity contribution < 1.29 is 4.79 Å². The van der Waals surface area contributed by atoms with E-state index in [2.05, 4.69) is 15.3 Å². The first-order valence-electron chi connectivity index (χ1n) is 7.73. The summed E-state index contributed by atoms with van der Waals surface area (Å²) in [6.45, 7) is 2.01. The molecule has 5 heteroatoms. The molecule has 5 nitrogen and oxygen atoms in total. The van der Waals surface area contributed by atoms with Crippen LogP contribution >= 0.6 is 0 Å². The van der Waals surface area contributed by atoms with Gasteiger partial charge in [0, 0.05) is 17.4 Å². The summed E-state index contributed by atoms with van der Waals surface area (Å²) >= 11 is 0. The van der Waals surface area contributed by atoms with E-state index in [0.29, 0.717) is 11.5 Å². The van der Waals surface area contributed by atoms with Gasteiger partial charge in [-0.1, -0.05) is 55.5 Å². The summed E-state index contributed by atoms with van der Waals surface area (Å²) in [6, 6.07) is 16.8. The zero-order chi connectivity index (χ0) is 16.9. The Morgan fingerprint density at radius 2 is 1.79 bits per heavy atom. The maximum atomic E-state index is 12.4. The van der Waals surface area contributed by atoms with Crippen LogP contribution in [-0.4, -0.2) is 15.9 Å². The van der Waals surface area contributed by atoms with Crippen LogP contribution in [0.2, 0.25) is 0 Å². The van der Waals surface area contributed by atoms with Crippen LogP contribution in [0.5, 0.6) is 0 Å². The topological polar surface area (TPSA) is 74.8 Å². The molecule has 0 radical (unpaired) electrons. The van der Waals surface area contributed by atoms with Crippen LogP contribution in [0.15, 0.2) is 65.6 Å². The Labute approximate surface area is 139 Å². The van der Waals surface area contributed by atoms with Crippen molar-refractivity contribution in [2.45, 2.75) is 13.3 Å². The average Bonchev–Trinajstić information content (AvgIpc) is 2.62. The van der Waals surface area contributed by atoms with Crippen molar-refractivity contribution in [3.05, 3.63) is 82.3 Å². The van der Waals surface area contributed by atoms with Crippen molar-refractivity contribution in [1.82, 2.24) is 9.97 Å². The lowest BCUT2D eigenvalue weighted by atomic mass is 10.1. The van der Waals surface area contributed by atoms with E-state index in [1.54, 1.807) is 0 Å². The van der Waals surface area contributed by atoms with Crippen LogP contribution in [0.25, 0.3) is 11.4 Å². The smallest absolute Gasteiger partial charge is 0.264 e.